The number of nitrogens with one attached hydrogen (secondary N) is 4. The van der Waals surface area contributed by atoms with Crippen LogP contribution in [-0.2, 0) is 32.2 Å². The highest BCUT2D eigenvalue weighted by Crippen LogP contribution is 2.29. The number of carbonyl (C=O) groups is 3. The molecule has 1 aliphatic heterocycles. The van der Waals surface area contributed by atoms with Crippen LogP contribution in [0.3, 0.4) is 0 Å². The number of halogens is 3. The largest absolute Gasteiger partial charge is 0.480 e. The minimum absolute atomic E-state index is 0.148. The molecule has 0 fully saturated rings. The lowest BCUT2D eigenvalue weighted by Gasteiger charge is -2.16. The van der Waals surface area contributed by atoms with E-state index in [4.69, 9.17) is 0 Å². The summed E-state index contributed by atoms with van der Waals surface area (Å²) >= 11 is 1.09. The van der Waals surface area contributed by atoms with Gasteiger partial charge in [0.15, 0.2) is 5.96 Å². The molecule has 0 saturated heterocycles. The van der Waals surface area contributed by atoms with Gasteiger partial charge in [0.2, 0.25) is 15.9 Å². The Morgan fingerprint density at radius 2 is 1.84 bits per heavy atom. The van der Waals surface area contributed by atoms with Gasteiger partial charge in [-0.1, -0.05) is 0 Å². The van der Waals surface area contributed by atoms with Gasteiger partial charge in [-0.25, -0.2) is 8.42 Å². The number of guanidine groups is 1. The van der Waals surface area contributed by atoms with Gasteiger partial charge in [-0.3, -0.25) is 24.7 Å². The van der Waals surface area contributed by atoms with Gasteiger partial charge in [0.05, 0.1) is 15.3 Å². The highest BCUT2D eigenvalue weighted by atomic mass is 32.2. The summed E-state index contributed by atoms with van der Waals surface area (Å²) in [5, 5.41) is 17.4. The molecule has 5 N–H and O–H groups in total. The number of carboxylic acid groups (broad SMARTS) is 1. The van der Waals surface area contributed by atoms with E-state index < -0.39 is 51.1 Å². The van der Waals surface area contributed by atoms with Crippen molar-refractivity contribution < 1.29 is 41.1 Å². The van der Waals surface area contributed by atoms with E-state index in [0.717, 1.165) is 29.2 Å². The number of aliphatic carboxylic acids is 1. The average Bonchev–Trinajstić information content (AvgIpc) is 3.34. The van der Waals surface area contributed by atoms with E-state index in [-0.39, 0.29) is 17.2 Å². The molecule has 0 unspecified atom stereocenters. The lowest BCUT2D eigenvalue weighted by atomic mass is 10.2. The fraction of sp³-hybridized carbons (Fsp3) is 0.364. The molecule has 0 radical (unpaired) electrons. The molecule has 0 saturated carbocycles. The monoisotopic (exact) mass is 575 g/mol. The Kier molecular flexibility index (Phi) is 9.45. The third-order valence-corrected chi connectivity index (χ3v) is 7.82. The van der Waals surface area contributed by atoms with Gasteiger partial charge >= 0.3 is 12.1 Å². The number of thiophene rings is 1. The Bertz CT molecular complexity index is 1310. The normalized spacial score (nSPS) is 14.7. The molecule has 38 heavy (non-hydrogen) atoms. The third kappa shape index (κ3) is 8.26. The number of carbonyl (C=O) groups excluding carboxylic acids is 2. The van der Waals surface area contributed by atoms with Gasteiger partial charge in [-0.05, 0) is 49.2 Å². The number of hydrogen-bond donors (Lipinski definition) is 5. The molecule has 1 aromatic carbocycles. The Morgan fingerprint density at radius 1 is 1.13 bits per heavy atom. The van der Waals surface area contributed by atoms with Crippen LogP contribution in [0.1, 0.15) is 33.0 Å². The van der Waals surface area contributed by atoms with Crippen LogP contribution >= 0.6 is 11.3 Å². The van der Waals surface area contributed by atoms with Crippen molar-refractivity contribution in [3.63, 3.8) is 0 Å². The van der Waals surface area contributed by atoms with Crippen LogP contribution in [0.5, 0.6) is 0 Å². The maximum Gasteiger partial charge on any atom is 0.416 e. The number of hydrogen-bond acceptors (Lipinski definition) is 8. The smallest absolute Gasteiger partial charge is 0.416 e. The molecule has 1 aliphatic rings. The second kappa shape index (κ2) is 12.4. The van der Waals surface area contributed by atoms with E-state index in [1.165, 1.54) is 6.07 Å². The minimum atomic E-state index is -4.67. The highest BCUT2D eigenvalue weighted by molar-refractivity contribution is 7.89. The molecule has 0 spiro atoms. The van der Waals surface area contributed by atoms with Crippen molar-refractivity contribution >= 4 is 45.1 Å². The first-order valence-electron chi connectivity index (χ1n) is 11.2. The molecular formula is C22H24F3N5O6S2. The first-order valence-corrected chi connectivity index (χ1v) is 13.5. The zero-order valence-corrected chi connectivity index (χ0v) is 21.3. The number of sulfonamides is 1. The van der Waals surface area contributed by atoms with Gasteiger partial charge in [-0.2, -0.15) is 17.9 Å². The summed E-state index contributed by atoms with van der Waals surface area (Å²) in [4.78, 5) is 40.6. The molecule has 0 bridgehead atoms. The lowest BCUT2D eigenvalue weighted by Crippen LogP contribution is -2.48. The molecule has 3 rings (SSSR count). The molecule has 2 aromatic rings. The van der Waals surface area contributed by atoms with Gasteiger partial charge < -0.3 is 15.7 Å². The van der Waals surface area contributed by atoms with Gasteiger partial charge in [0, 0.05) is 30.9 Å². The number of amides is 2. The van der Waals surface area contributed by atoms with E-state index in [2.05, 4.69) is 20.9 Å². The molecule has 16 heteroatoms. The zero-order chi connectivity index (χ0) is 27.9. The maximum absolute atomic E-state index is 12.7. The minimum Gasteiger partial charge on any atom is -0.480 e. The third-order valence-electron chi connectivity index (χ3n) is 5.19. The number of rotatable bonds is 10. The Balaban J connectivity index is 1.53. The summed E-state index contributed by atoms with van der Waals surface area (Å²) < 4.78 is 64.9. The summed E-state index contributed by atoms with van der Waals surface area (Å²) in [6.07, 6.45) is -3.28. The van der Waals surface area contributed by atoms with E-state index in [9.17, 15) is 41.1 Å². The SMILES string of the molecule is O=C(CCc1ccc(C(=O)NC[C@H](NS(=O)(=O)c2ccc(C(F)(F)F)cc2)C(=O)O)s1)NC1=NCCCN1. The topological polar surface area (TPSA) is 166 Å². The van der Waals surface area contributed by atoms with Crippen LogP contribution in [0.2, 0.25) is 0 Å². The molecule has 11 nitrogen and oxygen atoms in total. The second-order valence-electron chi connectivity index (χ2n) is 8.07. The van der Waals surface area contributed by atoms with Crippen molar-refractivity contribution in [1.82, 2.24) is 20.7 Å². The summed E-state index contributed by atoms with van der Waals surface area (Å²) in [5.41, 5.74) is -1.06. The van der Waals surface area contributed by atoms with Gasteiger partial charge in [-0.15, -0.1) is 11.3 Å². The van der Waals surface area contributed by atoms with Crippen LogP contribution in [0.4, 0.5) is 13.2 Å². The molecule has 2 amide bonds. The van der Waals surface area contributed by atoms with E-state index in [1.807, 2.05) is 4.72 Å². The summed E-state index contributed by atoms with van der Waals surface area (Å²) in [5.74, 6) is -2.08. The number of benzene rings is 1. The first kappa shape index (κ1) is 29.1. The number of carboxylic acids is 1. The van der Waals surface area contributed by atoms with Crippen LogP contribution in [0.15, 0.2) is 46.3 Å². The molecule has 1 atom stereocenters. The predicted molar refractivity (Wildman–Crippen MR) is 131 cm³/mol. The Morgan fingerprint density at radius 3 is 2.45 bits per heavy atom. The fourth-order valence-corrected chi connectivity index (χ4v) is 5.33. The number of nitrogens with zero attached hydrogens (tertiary/aromatic N) is 1. The molecule has 0 aliphatic carbocycles. The van der Waals surface area contributed by atoms with Crippen LogP contribution in [-0.4, -0.2) is 62.9 Å². The first-order chi connectivity index (χ1) is 17.8. The van der Waals surface area contributed by atoms with Crippen LogP contribution in [0.25, 0.3) is 0 Å². The van der Waals surface area contributed by atoms with E-state index in [1.54, 1.807) is 6.07 Å². The average molecular weight is 576 g/mol. The summed E-state index contributed by atoms with van der Waals surface area (Å²) in [6.45, 7) is 0.728. The molecule has 1 aromatic heterocycles. The number of aliphatic imine (C=N–C) groups is 1. The number of alkyl halides is 3. The van der Waals surface area contributed by atoms with Crippen molar-refractivity contribution in [1.29, 1.82) is 0 Å². The van der Waals surface area contributed by atoms with E-state index in [0.29, 0.717) is 43.2 Å². The molecular weight excluding hydrogens is 551 g/mol. The standard InChI is InChI=1S/C22H24F3N5O6S2/c23-22(24,25)13-2-6-15(7-3-13)38(35,36)30-16(20(33)34)12-28-19(32)17-8-4-14(37-17)5-9-18(31)29-21-26-10-1-11-27-21/h2-4,6-8,16,30H,1,5,9-12H2,(H,28,32)(H,33,34)(H2,26,27,29,31)/t16-/m0/s1. The molecule has 206 valence electrons. The van der Waals surface area contributed by atoms with Crippen molar-refractivity contribution in [3.8, 4) is 0 Å². The van der Waals surface area contributed by atoms with Gasteiger partial charge in [0.25, 0.3) is 5.91 Å². The predicted octanol–water partition coefficient (Wildman–Crippen LogP) is 1.33. The van der Waals surface area contributed by atoms with Crippen molar-refractivity contribution in [2.75, 3.05) is 19.6 Å². The lowest BCUT2D eigenvalue weighted by molar-refractivity contribution is -0.139. The second-order valence-corrected chi connectivity index (χ2v) is 11.0. The van der Waals surface area contributed by atoms with Crippen LogP contribution in [0, 0.1) is 0 Å². The summed E-state index contributed by atoms with van der Waals surface area (Å²) in [7, 11) is -4.50. The van der Waals surface area contributed by atoms with Crippen LogP contribution < -0.4 is 20.7 Å². The Hall–Kier alpha value is -3.50. The Labute approximate surface area is 219 Å². The van der Waals surface area contributed by atoms with Crippen molar-refractivity contribution in [2.45, 2.75) is 36.4 Å². The van der Waals surface area contributed by atoms with E-state index >= 15 is 0 Å². The number of aryl methyl sites for hydroxylation is 1. The molecule has 2 heterocycles. The van der Waals surface area contributed by atoms with Crippen molar-refractivity contribution in [2.24, 2.45) is 4.99 Å². The highest BCUT2D eigenvalue weighted by Gasteiger charge is 2.31. The maximum atomic E-state index is 12.7. The quantitative estimate of drug-likeness (QED) is 0.285. The summed E-state index contributed by atoms with van der Waals surface area (Å²) in [6, 6.07) is 3.87. The zero-order valence-electron chi connectivity index (χ0n) is 19.7. The van der Waals surface area contributed by atoms with Crippen molar-refractivity contribution in [3.05, 3.63) is 51.7 Å². The fourth-order valence-electron chi connectivity index (χ4n) is 3.22. The van der Waals surface area contributed by atoms with Gasteiger partial charge in [0.1, 0.15) is 6.04 Å².